The number of benzene rings is 2. The minimum Gasteiger partial charge on any atom is -0.497 e. The molecule has 0 aliphatic carbocycles. The van der Waals surface area contributed by atoms with E-state index in [1.807, 2.05) is 53.9 Å². The summed E-state index contributed by atoms with van der Waals surface area (Å²) >= 11 is 1.51. The second-order valence-electron chi connectivity index (χ2n) is 6.83. The number of ether oxygens (including phenoxy) is 1. The molecule has 0 saturated carbocycles. The van der Waals surface area contributed by atoms with Crippen LogP contribution in [0.3, 0.4) is 0 Å². The van der Waals surface area contributed by atoms with Crippen LogP contribution in [0.5, 0.6) is 5.75 Å². The van der Waals surface area contributed by atoms with Gasteiger partial charge in [-0.3, -0.25) is 9.88 Å². The first-order valence-corrected chi connectivity index (χ1v) is 10.3. The van der Waals surface area contributed by atoms with Crippen molar-refractivity contribution in [3.05, 3.63) is 77.9 Å². The number of carbonyl (C=O) groups excluding carboxylic acids is 1. The van der Waals surface area contributed by atoms with Crippen molar-refractivity contribution in [1.29, 1.82) is 0 Å². The number of fused-ring (bicyclic) bond motifs is 1. The van der Waals surface area contributed by atoms with Gasteiger partial charge in [0.05, 0.1) is 13.7 Å². The summed E-state index contributed by atoms with van der Waals surface area (Å²) in [6, 6.07) is 17.5. The Morgan fingerprint density at radius 3 is 2.73 bits per heavy atom. The number of nitrogens with zero attached hydrogens (tertiary/aromatic N) is 3. The molecular formula is C23H18N4O2S. The molecule has 0 fully saturated rings. The van der Waals surface area contributed by atoms with Crippen molar-refractivity contribution >= 4 is 28.9 Å². The monoisotopic (exact) mass is 414 g/mol. The van der Waals surface area contributed by atoms with Crippen LogP contribution in [0.1, 0.15) is 5.56 Å². The van der Waals surface area contributed by atoms with Crippen LogP contribution in [0, 0.1) is 0 Å². The van der Waals surface area contributed by atoms with Gasteiger partial charge in [-0.05, 0) is 41.5 Å². The van der Waals surface area contributed by atoms with E-state index in [1.165, 1.54) is 11.3 Å². The fourth-order valence-corrected chi connectivity index (χ4v) is 4.36. The Hall–Kier alpha value is -3.71. The number of urea groups is 1. The molecule has 30 heavy (non-hydrogen) atoms. The van der Waals surface area contributed by atoms with Crippen LogP contribution in [0.4, 0.5) is 16.3 Å². The number of amides is 2. The van der Waals surface area contributed by atoms with Gasteiger partial charge in [-0.1, -0.05) is 24.3 Å². The second kappa shape index (κ2) is 7.61. The number of carbonyl (C=O) groups is 1. The van der Waals surface area contributed by atoms with Gasteiger partial charge >= 0.3 is 6.03 Å². The highest BCUT2D eigenvalue weighted by Crippen LogP contribution is 2.37. The number of aromatic nitrogens is 2. The lowest BCUT2D eigenvalue weighted by molar-refractivity contribution is 0.256. The highest BCUT2D eigenvalue weighted by atomic mass is 32.1. The molecule has 6 nitrogen and oxygen atoms in total. The Kier molecular flexibility index (Phi) is 4.65. The molecule has 5 rings (SSSR count). The Balaban J connectivity index is 1.52. The predicted molar refractivity (Wildman–Crippen MR) is 119 cm³/mol. The largest absolute Gasteiger partial charge is 0.497 e. The molecule has 4 aromatic rings. The second-order valence-corrected chi connectivity index (χ2v) is 7.68. The average molecular weight is 414 g/mol. The van der Waals surface area contributed by atoms with Gasteiger partial charge < -0.3 is 10.1 Å². The molecule has 0 atom stereocenters. The van der Waals surface area contributed by atoms with E-state index >= 15 is 0 Å². The number of nitrogens with one attached hydrogen (secondary N) is 1. The summed E-state index contributed by atoms with van der Waals surface area (Å²) in [5.41, 5.74) is 4.94. The van der Waals surface area contributed by atoms with E-state index in [0.29, 0.717) is 12.4 Å². The van der Waals surface area contributed by atoms with Crippen molar-refractivity contribution in [3.63, 3.8) is 0 Å². The molecule has 0 radical (unpaired) electrons. The summed E-state index contributed by atoms with van der Waals surface area (Å²) < 4.78 is 5.38. The molecule has 1 N–H and O–H groups in total. The van der Waals surface area contributed by atoms with Gasteiger partial charge in [0.2, 0.25) is 0 Å². The maximum atomic E-state index is 12.8. The summed E-state index contributed by atoms with van der Waals surface area (Å²) in [5, 5.41) is 5.77. The van der Waals surface area contributed by atoms with Gasteiger partial charge in [0.1, 0.15) is 16.6 Å². The molecular weight excluding hydrogens is 396 g/mol. The fourth-order valence-electron chi connectivity index (χ4n) is 3.55. The van der Waals surface area contributed by atoms with Crippen molar-refractivity contribution in [3.8, 4) is 27.4 Å². The summed E-state index contributed by atoms with van der Waals surface area (Å²) in [6.45, 7) is 0.439. The van der Waals surface area contributed by atoms with Gasteiger partial charge in [-0.25, -0.2) is 9.78 Å². The summed E-state index contributed by atoms with van der Waals surface area (Å²) in [4.78, 5) is 23.2. The van der Waals surface area contributed by atoms with Crippen molar-refractivity contribution in [2.24, 2.45) is 0 Å². The summed E-state index contributed by atoms with van der Waals surface area (Å²) in [6.07, 6.45) is 3.47. The van der Waals surface area contributed by atoms with Gasteiger partial charge in [-0.2, -0.15) is 0 Å². The smallest absolute Gasteiger partial charge is 0.327 e. The van der Waals surface area contributed by atoms with E-state index < -0.39 is 0 Å². The third-order valence-electron chi connectivity index (χ3n) is 5.06. The highest BCUT2D eigenvalue weighted by molar-refractivity contribution is 7.13. The molecule has 7 heteroatoms. The summed E-state index contributed by atoms with van der Waals surface area (Å²) in [7, 11) is 1.66. The van der Waals surface area contributed by atoms with Crippen LogP contribution in [-0.2, 0) is 6.54 Å². The normalized spacial score (nSPS) is 13.0. The van der Waals surface area contributed by atoms with Gasteiger partial charge in [0.15, 0.2) is 0 Å². The third kappa shape index (κ3) is 3.29. The molecule has 0 spiro atoms. The molecule has 0 unspecified atom stereocenters. The highest BCUT2D eigenvalue weighted by Gasteiger charge is 2.27. The minimum atomic E-state index is -0.183. The first-order valence-electron chi connectivity index (χ1n) is 9.44. The number of hydrogen-bond acceptors (Lipinski definition) is 5. The van der Waals surface area contributed by atoms with Crippen LogP contribution in [0.25, 0.3) is 21.7 Å². The van der Waals surface area contributed by atoms with Gasteiger partial charge in [0, 0.05) is 34.6 Å². The van der Waals surface area contributed by atoms with E-state index in [-0.39, 0.29) is 6.03 Å². The molecule has 2 amide bonds. The zero-order chi connectivity index (χ0) is 20.5. The minimum absolute atomic E-state index is 0.183. The lowest BCUT2D eigenvalue weighted by atomic mass is 9.96. The average Bonchev–Trinajstić information content (AvgIpc) is 3.29. The zero-order valence-corrected chi connectivity index (χ0v) is 17.0. The first kappa shape index (κ1) is 18.3. The standard InChI is InChI=1S/C23H18N4O2S/c1-29-17-5-2-4-16(12-17)18-6-3-7-20-19(18)13-27(23(28)25-20)21-14-30-22(26-21)15-8-10-24-11-9-15/h2-12,14H,13H2,1H3,(H,25,28). The lowest BCUT2D eigenvalue weighted by Gasteiger charge is -2.29. The van der Waals surface area contributed by atoms with E-state index in [2.05, 4.69) is 16.4 Å². The van der Waals surface area contributed by atoms with Crippen molar-refractivity contribution in [2.75, 3.05) is 17.3 Å². The van der Waals surface area contributed by atoms with Crippen LogP contribution in [0.15, 0.2) is 72.4 Å². The maximum Gasteiger partial charge on any atom is 0.327 e. The van der Waals surface area contributed by atoms with Crippen LogP contribution >= 0.6 is 11.3 Å². The van der Waals surface area contributed by atoms with Gasteiger partial charge in [-0.15, -0.1) is 11.3 Å². The van der Waals surface area contributed by atoms with Crippen molar-refractivity contribution in [1.82, 2.24) is 9.97 Å². The molecule has 2 aromatic heterocycles. The molecule has 3 heterocycles. The number of pyridine rings is 1. The number of methoxy groups -OCH3 is 1. The predicted octanol–water partition coefficient (Wildman–Crippen LogP) is 5.43. The van der Waals surface area contributed by atoms with Crippen LogP contribution < -0.4 is 15.0 Å². The summed E-state index contributed by atoms with van der Waals surface area (Å²) in [5.74, 6) is 1.43. The fraction of sp³-hybridized carbons (Fsp3) is 0.0870. The number of thiazole rings is 1. The van der Waals surface area contributed by atoms with E-state index in [0.717, 1.165) is 38.7 Å². The Labute approximate surface area is 177 Å². The molecule has 148 valence electrons. The van der Waals surface area contributed by atoms with Crippen molar-refractivity contribution < 1.29 is 9.53 Å². The van der Waals surface area contributed by atoms with Crippen LogP contribution in [-0.4, -0.2) is 23.1 Å². The molecule has 1 aliphatic heterocycles. The van der Waals surface area contributed by atoms with Crippen LogP contribution in [0.2, 0.25) is 0 Å². The SMILES string of the molecule is COc1cccc(-c2cccc3c2CN(c2csc(-c4ccncc4)n2)C(=O)N3)c1. The maximum absolute atomic E-state index is 12.8. The first-order chi connectivity index (χ1) is 14.7. The zero-order valence-electron chi connectivity index (χ0n) is 16.2. The molecule has 1 aliphatic rings. The number of hydrogen-bond donors (Lipinski definition) is 1. The van der Waals surface area contributed by atoms with E-state index in [1.54, 1.807) is 24.4 Å². The van der Waals surface area contributed by atoms with E-state index in [9.17, 15) is 4.79 Å². The quantitative estimate of drug-likeness (QED) is 0.483. The Morgan fingerprint density at radius 2 is 1.90 bits per heavy atom. The number of rotatable bonds is 4. The molecule has 2 aromatic carbocycles. The lowest BCUT2D eigenvalue weighted by Crippen LogP contribution is -2.39. The number of anilines is 2. The molecule has 0 saturated heterocycles. The van der Waals surface area contributed by atoms with Gasteiger partial charge in [0.25, 0.3) is 0 Å². The van der Waals surface area contributed by atoms with Crippen molar-refractivity contribution in [2.45, 2.75) is 6.54 Å². The third-order valence-corrected chi connectivity index (χ3v) is 5.93. The Bertz CT molecular complexity index is 1220. The Morgan fingerprint density at radius 1 is 1.07 bits per heavy atom. The topological polar surface area (TPSA) is 67.3 Å². The van der Waals surface area contributed by atoms with E-state index in [4.69, 9.17) is 9.72 Å². The molecule has 0 bridgehead atoms.